The van der Waals surface area contributed by atoms with E-state index in [1.165, 1.54) is 24.6 Å². The number of sulfonamides is 1. The second-order valence-corrected chi connectivity index (χ2v) is 12.4. The molecule has 1 unspecified atom stereocenters. The van der Waals surface area contributed by atoms with Gasteiger partial charge in [-0.15, -0.1) is 0 Å². The lowest BCUT2D eigenvalue weighted by molar-refractivity contribution is 0.0610. The summed E-state index contributed by atoms with van der Waals surface area (Å²) in [6.07, 6.45) is 6.11. The fourth-order valence-electron chi connectivity index (χ4n) is 5.10. The second-order valence-electron chi connectivity index (χ2n) is 9.28. The van der Waals surface area contributed by atoms with Gasteiger partial charge in [0.05, 0.1) is 23.2 Å². The van der Waals surface area contributed by atoms with Gasteiger partial charge in [0.25, 0.3) is 0 Å². The fourth-order valence-corrected chi connectivity index (χ4v) is 6.19. The van der Waals surface area contributed by atoms with E-state index in [1.807, 2.05) is 0 Å². The van der Waals surface area contributed by atoms with Crippen molar-refractivity contribution in [1.29, 1.82) is 0 Å². The van der Waals surface area contributed by atoms with Crippen LogP contribution in [0, 0.1) is 0 Å². The van der Waals surface area contributed by atoms with E-state index < -0.39 is 10.0 Å². The molecule has 7 nitrogen and oxygen atoms in total. The van der Waals surface area contributed by atoms with Crippen molar-refractivity contribution >= 4 is 49.1 Å². The largest absolute Gasteiger partial charge is 0.353 e. The highest BCUT2D eigenvalue weighted by Crippen LogP contribution is 2.31. The molecule has 10 heteroatoms. The van der Waals surface area contributed by atoms with Crippen LogP contribution >= 0.6 is 27.5 Å². The zero-order valence-electron chi connectivity index (χ0n) is 19.8. The Morgan fingerprint density at radius 2 is 1.85 bits per heavy atom. The molecule has 0 saturated carbocycles. The third-order valence-corrected chi connectivity index (χ3v) is 8.18. The number of aromatic nitrogens is 1. The summed E-state index contributed by atoms with van der Waals surface area (Å²) < 4.78 is 26.5. The third kappa shape index (κ3) is 6.63. The molecule has 2 saturated heterocycles. The Labute approximate surface area is 216 Å². The Bertz CT molecular complexity index is 1080. The lowest BCUT2D eigenvalue weighted by Crippen LogP contribution is -2.58. The first-order chi connectivity index (χ1) is 16.2. The molecule has 0 radical (unpaired) electrons. The molecule has 186 valence electrons. The van der Waals surface area contributed by atoms with Crippen LogP contribution in [0.15, 0.2) is 41.0 Å². The Kier molecular flexibility index (Phi) is 8.40. The lowest BCUT2D eigenvalue weighted by Gasteiger charge is -2.47. The molecule has 1 N–H and O–H groups in total. The standard InChI is InChI=1S/C24H33BrClN5O2S/c1-3-21-17-30(24-23(26)14-20(15-27-24)28-34(2,32)33)12-13-31(21)22-8-10-29(11-9-22)16-18-4-6-19(25)7-5-18/h4-7,14-15,21-22,28H,3,8-13,16-17H2,1-2H3. The molecular weight excluding hydrogens is 538 g/mol. The first-order valence-electron chi connectivity index (χ1n) is 11.8. The van der Waals surface area contributed by atoms with E-state index in [4.69, 9.17) is 11.6 Å². The number of hydrogen-bond acceptors (Lipinski definition) is 6. The summed E-state index contributed by atoms with van der Waals surface area (Å²) >= 11 is 10.0. The number of nitrogens with one attached hydrogen (secondary N) is 1. The van der Waals surface area contributed by atoms with Crippen LogP contribution in [-0.4, -0.2) is 74.3 Å². The van der Waals surface area contributed by atoms with Gasteiger partial charge in [0.15, 0.2) is 0 Å². The van der Waals surface area contributed by atoms with Gasteiger partial charge in [-0.3, -0.25) is 14.5 Å². The van der Waals surface area contributed by atoms with Crippen LogP contribution in [0.5, 0.6) is 0 Å². The number of anilines is 2. The number of hydrogen-bond donors (Lipinski definition) is 1. The molecule has 4 rings (SSSR count). The summed E-state index contributed by atoms with van der Waals surface area (Å²) in [5, 5.41) is 0.471. The minimum absolute atomic E-state index is 0.386. The third-order valence-electron chi connectivity index (χ3n) is 6.77. The summed E-state index contributed by atoms with van der Waals surface area (Å²) in [7, 11) is -3.36. The van der Waals surface area contributed by atoms with Crippen LogP contribution in [0.4, 0.5) is 11.5 Å². The molecule has 1 atom stereocenters. The van der Waals surface area contributed by atoms with E-state index in [-0.39, 0.29) is 0 Å². The van der Waals surface area contributed by atoms with Crippen molar-refractivity contribution < 1.29 is 8.42 Å². The smallest absolute Gasteiger partial charge is 0.229 e. The zero-order chi connectivity index (χ0) is 24.3. The summed E-state index contributed by atoms with van der Waals surface area (Å²) in [6, 6.07) is 11.3. The maximum absolute atomic E-state index is 11.5. The second kappa shape index (κ2) is 11.1. The number of likely N-dealkylation sites (tertiary alicyclic amines) is 1. The lowest BCUT2D eigenvalue weighted by atomic mass is 9.98. The van der Waals surface area contributed by atoms with Crippen LogP contribution in [-0.2, 0) is 16.6 Å². The van der Waals surface area contributed by atoms with Gasteiger partial charge in [0, 0.05) is 42.7 Å². The Morgan fingerprint density at radius 1 is 1.15 bits per heavy atom. The maximum atomic E-state index is 11.5. The van der Waals surface area contributed by atoms with Gasteiger partial charge >= 0.3 is 0 Å². The van der Waals surface area contributed by atoms with E-state index >= 15 is 0 Å². The van der Waals surface area contributed by atoms with E-state index in [0.717, 1.165) is 62.2 Å². The van der Waals surface area contributed by atoms with Gasteiger partial charge < -0.3 is 4.90 Å². The molecule has 2 aromatic rings. The molecular formula is C24H33BrClN5O2S. The van der Waals surface area contributed by atoms with Crippen LogP contribution in [0.1, 0.15) is 31.7 Å². The van der Waals surface area contributed by atoms with Crippen LogP contribution in [0.2, 0.25) is 5.02 Å². The van der Waals surface area contributed by atoms with Crippen molar-refractivity contribution in [2.45, 2.75) is 44.8 Å². The monoisotopic (exact) mass is 569 g/mol. The van der Waals surface area contributed by atoms with E-state index in [0.29, 0.717) is 22.8 Å². The summed E-state index contributed by atoms with van der Waals surface area (Å²) in [4.78, 5) is 12.0. The predicted octanol–water partition coefficient (Wildman–Crippen LogP) is 4.43. The number of rotatable bonds is 7. The van der Waals surface area contributed by atoms with Gasteiger partial charge in [-0.05, 0) is 56.1 Å². The molecule has 3 heterocycles. The van der Waals surface area contributed by atoms with Crippen LogP contribution in [0.3, 0.4) is 0 Å². The number of nitrogens with zero attached hydrogens (tertiary/aromatic N) is 4. The van der Waals surface area contributed by atoms with E-state index in [9.17, 15) is 8.42 Å². The minimum atomic E-state index is -3.36. The SMILES string of the molecule is CCC1CN(c2ncc(NS(C)(=O)=O)cc2Cl)CCN1C1CCN(Cc2ccc(Br)cc2)CC1. The first-order valence-corrected chi connectivity index (χ1v) is 14.9. The normalized spacial score (nSPS) is 21.1. The van der Waals surface area contributed by atoms with Gasteiger partial charge in [-0.1, -0.05) is 46.6 Å². The van der Waals surface area contributed by atoms with Crippen molar-refractivity contribution in [3.8, 4) is 0 Å². The number of piperazine rings is 1. The van der Waals surface area contributed by atoms with Crippen molar-refractivity contribution in [3.63, 3.8) is 0 Å². The molecule has 2 fully saturated rings. The predicted molar refractivity (Wildman–Crippen MR) is 143 cm³/mol. The molecule has 1 aromatic heterocycles. The molecule has 2 aliphatic rings. The Hall–Kier alpha value is -1.39. The maximum Gasteiger partial charge on any atom is 0.229 e. The fraction of sp³-hybridized carbons (Fsp3) is 0.542. The van der Waals surface area contributed by atoms with Gasteiger partial charge in [-0.2, -0.15) is 0 Å². The summed E-state index contributed by atoms with van der Waals surface area (Å²) in [6.45, 7) is 8.23. The molecule has 0 amide bonds. The highest BCUT2D eigenvalue weighted by atomic mass is 79.9. The zero-order valence-corrected chi connectivity index (χ0v) is 22.9. The average molecular weight is 571 g/mol. The molecule has 0 aliphatic carbocycles. The number of piperidine rings is 1. The van der Waals surface area contributed by atoms with Gasteiger partial charge in [-0.25, -0.2) is 13.4 Å². The quantitative estimate of drug-likeness (QED) is 0.531. The Balaban J connectivity index is 1.34. The first kappa shape index (κ1) is 25.7. The van der Waals surface area contributed by atoms with Crippen molar-refractivity contribution in [1.82, 2.24) is 14.8 Å². The number of halogens is 2. The summed E-state index contributed by atoms with van der Waals surface area (Å²) in [5.74, 6) is 0.725. The van der Waals surface area contributed by atoms with Gasteiger partial charge in [0.1, 0.15) is 5.82 Å². The van der Waals surface area contributed by atoms with Crippen molar-refractivity contribution in [2.24, 2.45) is 0 Å². The molecule has 0 spiro atoms. The topological polar surface area (TPSA) is 68.8 Å². The van der Waals surface area contributed by atoms with E-state index in [2.05, 4.69) is 71.5 Å². The van der Waals surface area contributed by atoms with Crippen LogP contribution in [0.25, 0.3) is 0 Å². The number of benzene rings is 1. The van der Waals surface area contributed by atoms with Crippen molar-refractivity contribution in [3.05, 3.63) is 51.6 Å². The molecule has 1 aromatic carbocycles. The average Bonchev–Trinajstić information content (AvgIpc) is 2.80. The summed E-state index contributed by atoms with van der Waals surface area (Å²) in [5.41, 5.74) is 1.75. The van der Waals surface area contributed by atoms with E-state index in [1.54, 1.807) is 6.07 Å². The van der Waals surface area contributed by atoms with Gasteiger partial charge in [0.2, 0.25) is 10.0 Å². The highest BCUT2D eigenvalue weighted by Gasteiger charge is 2.34. The Morgan fingerprint density at radius 3 is 2.47 bits per heavy atom. The van der Waals surface area contributed by atoms with Crippen LogP contribution < -0.4 is 9.62 Å². The molecule has 0 bridgehead atoms. The minimum Gasteiger partial charge on any atom is -0.353 e. The van der Waals surface area contributed by atoms with Crippen molar-refractivity contribution in [2.75, 3.05) is 48.6 Å². The molecule has 34 heavy (non-hydrogen) atoms. The highest BCUT2D eigenvalue weighted by molar-refractivity contribution is 9.10. The molecule has 2 aliphatic heterocycles. The number of pyridine rings is 1.